The third kappa shape index (κ3) is 4.12. The number of nitriles is 1. The van der Waals surface area contributed by atoms with Crippen LogP contribution in [0.25, 0.3) is 0 Å². The first kappa shape index (κ1) is 23.5. The van der Waals surface area contributed by atoms with Gasteiger partial charge in [-0.15, -0.1) is 0 Å². The number of fused-ring (bicyclic) bond motifs is 1. The molecule has 1 fully saturated rings. The number of carbonyl (C=O) groups is 4. The van der Waals surface area contributed by atoms with E-state index in [2.05, 4.69) is 6.07 Å². The van der Waals surface area contributed by atoms with Gasteiger partial charge in [0.1, 0.15) is 11.6 Å². The molecule has 3 rings (SSSR count). The predicted octanol–water partition coefficient (Wildman–Crippen LogP) is 2.93. The highest BCUT2D eigenvalue weighted by atomic mass is 16.5. The number of hydrogen-bond acceptors (Lipinski definition) is 6. The third-order valence-electron chi connectivity index (χ3n) is 6.77. The molecule has 0 aromatic heterocycles. The van der Waals surface area contributed by atoms with E-state index in [1.54, 1.807) is 38.2 Å². The quantitative estimate of drug-likeness (QED) is 0.477. The number of ether oxygens (including phenoxy) is 1. The Labute approximate surface area is 188 Å². The summed E-state index contributed by atoms with van der Waals surface area (Å²) in [5.74, 6) is -2.72. The van der Waals surface area contributed by atoms with Crippen molar-refractivity contribution in [1.29, 1.82) is 5.26 Å². The Hall–Kier alpha value is -3.21. The van der Waals surface area contributed by atoms with Crippen LogP contribution in [0, 0.1) is 17.2 Å². The first-order valence-electron chi connectivity index (χ1n) is 11.1. The minimum absolute atomic E-state index is 0.252. The number of hydrogen-bond donors (Lipinski definition) is 0. The summed E-state index contributed by atoms with van der Waals surface area (Å²) < 4.78 is 5.31. The van der Waals surface area contributed by atoms with Crippen LogP contribution in [0.3, 0.4) is 0 Å². The van der Waals surface area contributed by atoms with E-state index in [4.69, 9.17) is 4.74 Å². The topological polar surface area (TPSA) is 108 Å². The fourth-order valence-corrected chi connectivity index (χ4v) is 4.49. The Bertz CT molecular complexity index is 926. The van der Waals surface area contributed by atoms with Crippen LogP contribution in [0.2, 0.25) is 0 Å². The maximum Gasteiger partial charge on any atom is 0.330 e. The number of imide groups is 1. The summed E-state index contributed by atoms with van der Waals surface area (Å²) in [6.07, 6.45) is 4.45. The number of likely N-dealkylation sites (N-methyl/N-ethyl adjacent to an activating group) is 1. The molecule has 0 bridgehead atoms. The van der Waals surface area contributed by atoms with E-state index in [1.807, 2.05) is 6.92 Å². The Morgan fingerprint density at radius 3 is 2.22 bits per heavy atom. The van der Waals surface area contributed by atoms with Gasteiger partial charge in [-0.1, -0.05) is 51.7 Å². The summed E-state index contributed by atoms with van der Waals surface area (Å²) in [7, 11) is 1.56. The molecule has 2 atom stereocenters. The Morgan fingerprint density at radius 2 is 1.72 bits per heavy atom. The molecule has 0 radical (unpaired) electrons. The van der Waals surface area contributed by atoms with Crippen molar-refractivity contribution in [3.8, 4) is 6.07 Å². The Balaban J connectivity index is 1.74. The summed E-state index contributed by atoms with van der Waals surface area (Å²) >= 11 is 0. The standard InChI is InChI=1S/C24H29N3O5/c1-4-16(2)20(27-21(29)17-10-6-7-11-18(17)22(27)30)23(31)32-14-19(28)26(3)24(15-25)12-8-5-9-13-24/h6-7,10-11,16,20H,4-5,8-9,12-14H2,1-3H3. The molecular weight excluding hydrogens is 410 g/mol. The molecule has 1 heterocycles. The van der Waals surface area contributed by atoms with Gasteiger partial charge in [-0.05, 0) is 30.9 Å². The minimum Gasteiger partial charge on any atom is -0.454 e. The number of benzene rings is 1. The van der Waals surface area contributed by atoms with Crippen molar-refractivity contribution < 1.29 is 23.9 Å². The van der Waals surface area contributed by atoms with Crippen molar-refractivity contribution in [1.82, 2.24) is 9.80 Å². The molecule has 170 valence electrons. The summed E-state index contributed by atoms with van der Waals surface area (Å²) in [5, 5.41) is 9.69. The summed E-state index contributed by atoms with van der Waals surface area (Å²) in [5.41, 5.74) is -0.384. The molecule has 1 aliphatic carbocycles. The SMILES string of the molecule is CCC(C)C(C(=O)OCC(=O)N(C)C1(C#N)CCCCC1)N1C(=O)c2ccccc2C1=O. The number of nitrogens with zero attached hydrogens (tertiary/aromatic N) is 3. The molecule has 1 aromatic carbocycles. The van der Waals surface area contributed by atoms with Gasteiger partial charge in [-0.25, -0.2) is 4.79 Å². The van der Waals surface area contributed by atoms with Gasteiger partial charge in [0, 0.05) is 7.05 Å². The van der Waals surface area contributed by atoms with Gasteiger partial charge >= 0.3 is 5.97 Å². The van der Waals surface area contributed by atoms with Crippen molar-refractivity contribution in [2.24, 2.45) is 5.92 Å². The number of carbonyl (C=O) groups excluding carboxylic acids is 4. The van der Waals surface area contributed by atoms with Gasteiger partial charge in [-0.2, -0.15) is 5.26 Å². The summed E-state index contributed by atoms with van der Waals surface area (Å²) in [4.78, 5) is 53.9. The molecule has 32 heavy (non-hydrogen) atoms. The van der Waals surface area contributed by atoms with Gasteiger partial charge in [0.05, 0.1) is 17.2 Å². The summed E-state index contributed by atoms with van der Waals surface area (Å²) in [6.45, 7) is 3.06. The van der Waals surface area contributed by atoms with E-state index >= 15 is 0 Å². The number of amides is 3. The zero-order valence-corrected chi connectivity index (χ0v) is 18.8. The fourth-order valence-electron chi connectivity index (χ4n) is 4.49. The molecule has 3 amide bonds. The normalized spacial score (nSPS) is 19.0. The smallest absolute Gasteiger partial charge is 0.330 e. The van der Waals surface area contributed by atoms with Crippen LogP contribution in [0.15, 0.2) is 24.3 Å². The van der Waals surface area contributed by atoms with E-state index in [-0.39, 0.29) is 17.0 Å². The molecule has 2 unspecified atom stereocenters. The van der Waals surface area contributed by atoms with Crippen LogP contribution in [-0.4, -0.2) is 58.7 Å². The van der Waals surface area contributed by atoms with Gasteiger partial charge in [0.2, 0.25) is 0 Å². The van der Waals surface area contributed by atoms with E-state index in [0.29, 0.717) is 19.3 Å². The van der Waals surface area contributed by atoms with E-state index < -0.39 is 41.9 Å². The summed E-state index contributed by atoms with van der Waals surface area (Å²) in [6, 6.07) is 7.57. The van der Waals surface area contributed by atoms with Gasteiger partial charge < -0.3 is 9.64 Å². The molecule has 1 aliphatic heterocycles. The largest absolute Gasteiger partial charge is 0.454 e. The Kier molecular flexibility index (Phi) is 6.97. The second kappa shape index (κ2) is 9.51. The van der Waals surface area contributed by atoms with Crippen LogP contribution < -0.4 is 0 Å². The second-order valence-corrected chi connectivity index (χ2v) is 8.62. The van der Waals surface area contributed by atoms with Crippen molar-refractivity contribution in [3.63, 3.8) is 0 Å². The molecule has 0 saturated heterocycles. The molecule has 0 spiro atoms. The second-order valence-electron chi connectivity index (χ2n) is 8.62. The van der Waals surface area contributed by atoms with E-state index in [1.165, 1.54) is 4.90 Å². The lowest BCUT2D eigenvalue weighted by atomic mass is 9.81. The van der Waals surface area contributed by atoms with Crippen LogP contribution >= 0.6 is 0 Å². The van der Waals surface area contributed by atoms with Crippen LogP contribution in [0.4, 0.5) is 0 Å². The van der Waals surface area contributed by atoms with Crippen LogP contribution in [0.5, 0.6) is 0 Å². The highest BCUT2D eigenvalue weighted by molar-refractivity contribution is 6.22. The first-order chi connectivity index (χ1) is 15.3. The molecule has 8 nitrogen and oxygen atoms in total. The molecule has 1 aromatic rings. The zero-order valence-electron chi connectivity index (χ0n) is 18.8. The lowest BCUT2D eigenvalue weighted by Gasteiger charge is -2.39. The predicted molar refractivity (Wildman–Crippen MR) is 115 cm³/mol. The average Bonchev–Trinajstić information content (AvgIpc) is 3.07. The van der Waals surface area contributed by atoms with Crippen molar-refractivity contribution >= 4 is 23.7 Å². The average molecular weight is 440 g/mol. The van der Waals surface area contributed by atoms with Crippen molar-refractivity contribution in [2.45, 2.75) is 64.0 Å². The van der Waals surface area contributed by atoms with Crippen molar-refractivity contribution in [2.75, 3.05) is 13.7 Å². The van der Waals surface area contributed by atoms with Crippen LogP contribution in [0.1, 0.15) is 73.1 Å². The molecule has 1 saturated carbocycles. The van der Waals surface area contributed by atoms with E-state index in [9.17, 15) is 24.4 Å². The van der Waals surface area contributed by atoms with Gasteiger partial charge in [0.15, 0.2) is 6.61 Å². The lowest BCUT2D eigenvalue weighted by Crippen LogP contribution is -2.52. The zero-order chi connectivity index (χ0) is 23.5. The maximum atomic E-state index is 13.0. The fraction of sp³-hybridized carbons (Fsp3) is 0.542. The number of esters is 1. The monoisotopic (exact) mass is 439 g/mol. The third-order valence-corrected chi connectivity index (χ3v) is 6.77. The van der Waals surface area contributed by atoms with Gasteiger partial charge in [-0.3, -0.25) is 19.3 Å². The van der Waals surface area contributed by atoms with Gasteiger partial charge in [0.25, 0.3) is 17.7 Å². The highest BCUT2D eigenvalue weighted by Gasteiger charge is 2.46. The maximum absolute atomic E-state index is 13.0. The van der Waals surface area contributed by atoms with Crippen molar-refractivity contribution in [3.05, 3.63) is 35.4 Å². The van der Waals surface area contributed by atoms with Crippen LogP contribution in [-0.2, 0) is 14.3 Å². The molecular formula is C24H29N3O5. The van der Waals surface area contributed by atoms with E-state index in [0.717, 1.165) is 24.2 Å². The minimum atomic E-state index is -1.13. The molecule has 0 N–H and O–H groups in total. The molecule has 2 aliphatic rings. The number of rotatable bonds is 7. The highest BCUT2D eigenvalue weighted by Crippen LogP contribution is 2.33. The first-order valence-corrected chi connectivity index (χ1v) is 11.1. The Morgan fingerprint density at radius 1 is 1.16 bits per heavy atom. The lowest BCUT2D eigenvalue weighted by molar-refractivity contribution is -0.157. The molecule has 8 heteroatoms.